The van der Waals surface area contributed by atoms with Gasteiger partial charge in [0.1, 0.15) is 10.9 Å². The van der Waals surface area contributed by atoms with Crippen LogP contribution in [0.3, 0.4) is 0 Å². The SMILES string of the molecule is CNC(=O)C(Cc1ccccc1)N(Cc1ccc(Br)cc1)C(=O)CCN1C(=O)c2ccccc2S1(=O)=O. The van der Waals surface area contributed by atoms with Crippen LogP contribution in [-0.2, 0) is 32.6 Å². The van der Waals surface area contributed by atoms with Gasteiger partial charge in [0.25, 0.3) is 15.9 Å². The summed E-state index contributed by atoms with van der Waals surface area (Å²) in [4.78, 5) is 40.8. The maximum absolute atomic E-state index is 13.6. The second kappa shape index (κ2) is 11.3. The van der Waals surface area contributed by atoms with Gasteiger partial charge >= 0.3 is 0 Å². The van der Waals surface area contributed by atoms with Crippen LogP contribution >= 0.6 is 15.9 Å². The van der Waals surface area contributed by atoms with Gasteiger partial charge in [-0.2, -0.15) is 0 Å². The van der Waals surface area contributed by atoms with E-state index in [-0.39, 0.29) is 42.3 Å². The lowest BCUT2D eigenvalue weighted by atomic mass is 10.0. The van der Waals surface area contributed by atoms with Crippen molar-refractivity contribution in [3.63, 3.8) is 0 Å². The molecule has 0 fully saturated rings. The van der Waals surface area contributed by atoms with E-state index in [0.717, 1.165) is 19.9 Å². The van der Waals surface area contributed by atoms with Crippen LogP contribution in [0.2, 0.25) is 0 Å². The fourth-order valence-corrected chi connectivity index (χ4v) is 6.13. The predicted octanol–water partition coefficient (Wildman–Crippen LogP) is 3.37. The Kier molecular flexibility index (Phi) is 8.09. The molecule has 0 aliphatic carbocycles. The molecule has 10 heteroatoms. The van der Waals surface area contributed by atoms with Crippen molar-refractivity contribution in [3.8, 4) is 0 Å². The molecule has 1 unspecified atom stereocenters. The third-order valence-electron chi connectivity index (χ3n) is 6.22. The summed E-state index contributed by atoms with van der Waals surface area (Å²) >= 11 is 3.40. The van der Waals surface area contributed by atoms with Gasteiger partial charge in [-0.1, -0.05) is 70.5 Å². The van der Waals surface area contributed by atoms with Crippen LogP contribution in [0.4, 0.5) is 0 Å². The molecule has 0 bridgehead atoms. The lowest BCUT2D eigenvalue weighted by molar-refractivity contribution is -0.141. The second-order valence-corrected chi connectivity index (χ2v) is 11.3. The third kappa shape index (κ3) is 5.75. The van der Waals surface area contributed by atoms with Gasteiger partial charge in [-0.25, -0.2) is 12.7 Å². The van der Waals surface area contributed by atoms with Gasteiger partial charge in [-0.3, -0.25) is 14.4 Å². The first-order chi connectivity index (χ1) is 17.7. The van der Waals surface area contributed by atoms with Crippen molar-refractivity contribution < 1.29 is 22.8 Å². The van der Waals surface area contributed by atoms with Gasteiger partial charge in [0.05, 0.1) is 5.56 Å². The molecule has 8 nitrogen and oxygen atoms in total. The molecule has 4 rings (SSSR count). The number of hydrogen-bond acceptors (Lipinski definition) is 5. The fraction of sp³-hybridized carbons (Fsp3) is 0.222. The van der Waals surface area contributed by atoms with E-state index in [1.807, 2.05) is 54.6 Å². The van der Waals surface area contributed by atoms with Gasteiger partial charge in [0, 0.05) is 37.5 Å². The van der Waals surface area contributed by atoms with E-state index in [0.29, 0.717) is 0 Å². The van der Waals surface area contributed by atoms with E-state index in [1.54, 1.807) is 12.1 Å². The number of rotatable bonds is 9. The number of sulfonamides is 1. The quantitative estimate of drug-likeness (QED) is 0.416. The number of halogens is 1. The average molecular weight is 584 g/mol. The zero-order valence-electron chi connectivity index (χ0n) is 20.1. The molecule has 0 saturated heterocycles. The summed E-state index contributed by atoms with van der Waals surface area (Å²) in [6.07, 6.45) is 0.00688. The highest BCUT2D eigenvalue weighted by atomic mass is 79.9. The standard InChI is InChI=1S/C27H26BrN3O5S/c1-29-26(33)23(17-19-7-3-2-4-8-19)30(18-20-11-13-21(28)14-12-20)25(32)15-16-31-27(34)22-9-5-6-10-24(22)37(31,35)36/h2-14,23H,15-18H2,1H3,(H,29,33). The van der Waals surface area contributed by atoms with Crippen molar-refractivity contribution in [1.29, 1.82) is 0 Å². The summed E-state index contributed by atoms with van der Waals surface area (Å²) < 4.78 is 27.5. The number of benzene rings is 3. The van der Waals surface area contributed by atoms with E-state index in [4.69, 9.17) is 0 Å². The molecule has 1 aliphatic heterocycles. The summed E-state index contributed by atoms with van der Waals surface area (Å²) in [6.45, 7) is -0.185. The lowest BCUT2D eigenvalue weighted by Gasteiger charge is -2.31. The van der Waals surface area contributed by atoms with Crippen molar-refractivity contribution in [2.75, 3.05) is 13.6 Å². The van der Waals surface area contributed by atoms with Crippen LogP contribution in [0.5, 0.6) is 0 Å². The predicted molar refractivity (Wildman–Crippen MR) is 142 cm³/mol. The molecule has 0 spiro atoms. The van der Waals surface area contributed by atoms with E-state index >= 15 is 0 Å². The van der Waals surface area contributed by atoms with E-state index in [1.165, 1.54) is 24.1 Å². The van der Waals surface area contributed by atoms with Gasteiger partial charge in [0.15, 0.2) is 0 Å². The summed E-state index contributed by atoms with van der Waals surface area (Å²) in [5, 5.41) is 2.64. The highest BCUT2D eigenvalue weighted by Crippen LogP contribution is 2.30. The monoisotopic (exact) mass is 583 g/mol. The normalized spacial score (nSPS) is 14.6. The molecule has 1 atom stereocenters. The maximum Gasteiger partial charge on any atom is 0.269 e. The van der Waals surface area contributed by atoms with Crippen molar-refractivity contribution >= 4 is 43.7 Å². The number of carbonyl (C=O) groups is 3. The Labute approximate surface area is 224 Å². The third-order valence-corrected chi connectivity index (χ3v) is 8.59. The Morgan fingerprint density at radius 2 is 1.59 bits per heavy atom. The highest BCUT2D eigenvalue weighted by molar-refractivity contribution is 9.10. The molecule has 192 valence electrons. The largest absolute Gasteiger partial charge is 0.357 e. The van der Waals surface area contributed by atoms with Gasteiger partial charge in [-0.15, -0.1) is 0 Å². The van der Waals surface area contributed by atoms with E-state index in [9.17, 15) is 22.8 Å². The van der Waals surface area contributed by atoms with E-state index in [2.05, 4.69) is 21.2 Å². The molecule has 0 radical (unpaired) electrons. The first-order valence-electron chi connectivity index (χ1n) is 11.7. The minimum Gasteiger partial charge on any atom is -0.357 e. The lowest BCUT2D eigenvalue weighted by Crippen LogP contribution is -2.50. The zero-order valence-corrected chi connectivity index (χ0v) is 22.5. The Balaban J connectivity index is 1.61. The summed E-state index contributed by atoms with van der Waals surface area (Å²) in [7, 11) is -2.53. The second-order valence-electron chi connectivity index (χ2n) is 8.60. The number of fused-ring (bicyclic) bond motifs is 1. The zero-order chi connectivity index (χ0) is 26.6. The number of nitrogens with one attached hydrogen (secondary N) is 1. The average Bonchev–Trinajstić information content (AvgIpc) is 3.10. The number of nitrogens with zero attached hydrogens (tertiary/aromatic N) is 2. The minimum atomic E-state index is -4.04. The van der Waals surface area contributed by atoms with Crippen molar-refractivity contribution in [1.82, 2.24) is 14.5 Å². The molecule has 0 saturated carbocycles. The first-order valence-corrected chi connectivity index (χ1v) is 13.9. The van der Waals surface area contributed by atoms with Crippen LogP contribution in [0.1, 0.15) is 27.9 Å². The number of carbonyl (C=O) groups excluding carboxylic acids is 3. The Hall–Kier alpha value is -3.50. The molecular weight excluding hydrogens is 558 g/mol. The van der Waals surface area contributed by atoms with E-state index < -0.39 is 27.9 Å². The molecule has 1 N–H and O–H groups in total. The van der Waals surface area contributed by atoms with Crippen LogP contribution in [0, 0.1) is 0 Å². The van der Waals surface area contributed by atoms with Gasteiger partial charge in [-0.05, 0) is 35.4 Å². The Morgan fingerprint density at radius 1 is 0.946 bits per heavy atom. The Morgan fingerprint density at radius 3 is 2.24 bits per heavy atom. The van der Waals surface area contributed by atoms with Crippen LogP contribution in [-0.4, -0.2) is 55.0 Å². The molecule has 37 heavy (non-hydrogen) atoms. The number of amides is 3. The van der Waals surface area contributed by atoms with Crippen LogP contribution in [0.15, 0.2) is 88.2 Å². The number of hydrogen-bond donors (Lipinski definition) is 1. The van der Waals surface area contributed by atoms with Crippen molar-refractivity contribution in [2.45, 2.75) is 30.3 Å². The summed E-state index contributed by atoms with van der Waals surface area (Å²) in [5.74, 6) is -1.44. The smallest absolute Gasteiger partial charge is 0.269 e. The maximum atomic E-state index is 13.6. The molecule has 1 aliphatic rings. The molecular formula is C27H26BrN3O5S. The topological polar surface area (TPSA) is 104 Å². The summed E-state index contributed by atoms with van der Waals surface area (Å²) in [6, 6.07) is 21.9. The summed E-state index contributed by atoms with van der Waals surface area (Å²) in [5.41, 5.74) is 1.77. The van der Waals surface area contributed by atoms with Crippen LogP contribution in [0.25, 0.3) is 0 Å². The molecule has 1 heterocycles. The number of likely N-dealkylation sites (N-methyl/N-ethyl adjacent to an activating group) is 1. The van der Waals surface area contributed by atoms with Gasteiger partial charge in [0.2, 0.25) is 11.8 Å². The van der Waals surface area contributed by atoms with Crippen molar-refractivity contribution in [2.24, 2.45) is 0 Å². The fourth-order valence-electron chi connectivity index (χ4n) is 4.30. The minimum absolute atomic E-state index is 0.0634. The van der Waals surface area contributed by atoms with Crippen LogP contribution < -0.4 is 5.32 Å². The molecule has 3 amide bonds. The van der Waals surface area contributed by atoms with Crippen molar-refractivity contribution in [3.05, 3.63) is 100 Å². The first kappa shape index (κ1) is 26.6. The molecule has 3 aromatic rings. The van der Waals surface area contributed by atoms with Gasteiger partial charge < -0.3 is 10.2 Å². The molecule has 0 aromatic heterocycles. The Bertz CT molecular complexity index is 1410. The highest BCUT2D eigenvalue weighted by Gasteiger charge is 2.41. The molecule has 3 aromatic carbocycles.